The Labute approximate surface area is 182 Å². The number of ether oxygens (including phenoxy) is 2. The Morgan fingerprint density at radius 1 is 1.10 bits per heavy atom. The van der Waals surface area contributed by atoms with Gasteiger partial charge in [-0.1, -0.05) is 37.3 Å². The molecule has 0 radical (unpaired) electrons. The molecule has 2 atom stereocenters. The molecule has 1 heterocycles. The van der Waals surface area contributed by atoms with Gasteiger partial charge in [0, 0.05) is 49.4 Å². The molecule has 0 unspecified atom stereocenters. The van der Waals surface area contributed by atoms with E-state index in [0.29, 0.717) is 0 Å². The van der Waals surface area contributed by atoms with E-state index < -0.39 is 0 Å². The van der Waals surface area contributed by atoms with E-state index in [1.54, 1.807) is 7.11 Å². The Morgan fingerprint density at radius 2 is 1.83 bits per heavy atom. The minimum atomic E-state index is -0.0683. The Kier molecular flexibility index (Phi) is 7.43. The Bertz CT molecular complexity index is 805. The first kappa shape index (κ1) is 22.6. The fourth-order valence-electron chi connectivity index (χ4n) is 4.81. The summed E-state index contributed by atoms with van der Waals surface area (Å²) in [6, 6.07) is 17.5. The third kappa shape index (κ3) is 5.16. The van der Waals surface area contributed by atoms with Crippen LogP contribution in [-0.4, -0.2) is 40.0 Å². The molecule has 30 heavy (non-hydrogen) atoms. The molecule has 0 aliphatic carbocycles. The highest BCUT2D eigenvalue weighted by Crippen LogP contribution is 2.47. The van der Waals surface area contributed by atoms with Gasteiger partial charge < -0.3 is 19.7 Å². The van der Waals surface area contributed by atoms with Crippen molar-refractivity contribution in [2.24, 2.45) is 0 Å². The summed E-state index contributed by atoms with van der Waals surface area (Å²) < 4.78 is 12.0. The van der Waals surface area contributed by atoms with E-state index in [-0.39, 0.29) is 11.0 Å². The SMILES string of the molecule is CC[C@@]1(C)C[C@](CC[NH2+]Cc2ccc(N(C)C)cc2)(c2ccccc2OC)CCO1. The third-order valence-electron chi connectivity index (χ3n) is 6.83. The molecule has 1 aliphatic heterocycles. The Morgan fingerprint density at radius 3 is 2.50 bits per heavy atom. The van der Waals surface area contributed by atoms with Crippen LogP contribution in [0.5, 0.6) is 5.75 Å². The molecule has 0 amide bonds. The van der Waals surface area contributed by atoms with Gasteiger partial charge in [-0.15, -0.1) is 0 Å². The maximum absolute atomic E-state index is 6.22. The molecule has 1 fully saturated rings. The van der Waals surface area contributed by atoms with Crippen LogP contribution in [0.25, 0.3) is 0 Å². The van der Waals surface area contributed by atoms with Crippen molar-refractivity contribution >= 4 is 5.69 Å². The number of benzene rings is 2. The van der Waals surface area contributed by atoms with Crippen molar-refractivity contribution < 1.29 is 14.8 Å². The molecule has 2 N–H and O–H groups in total. The molecule has 3 rings (SSSR count). The summed E-state index contributed by atoms with van der Waals surface area (Å²) in [6.07, 6.45) is 4.25. The fraction of sp³-hybridized carbons (Fsp3) is 0.538. The molecule has 1 aliphatic rings. The maximum Gasteiger partial charge on any atom is 0.122 e. The van der Waals surface area contributed by atoms with Crippen LogP contribution in [0.15, 0.2) is 48.5 Å². The molecule has 164 valence electrons. The van der Waals surface area contributed by atoms with Crippen LogP contribution in [0.2, 0.25) is 0 Å². The van der Waals surface area contributed by atoms with Crippen molar-refractivity contribution in [2.75, 3.05) is 39.3 Å². The van der Waals surface area contributed by atoms with Gasteiger partial charge in [-0.3, -0.25) is 0 Å². The summed E-state index contributed by atoms with van der Waals surface area (Å²) in [6.45, 7) is 7.42. The van der Waals surface area contributed by atoms with E-state index in [9.17, 15) is 0 Å². The third-order valence-corrected chi connectivity index (χ3v) is 6.83. The largest absolute Gasteiger partial charge is 0.496 e. The van der Waals surface area contributed by atoms with Crippen LogP contribution >= 0.6 is 0 Å². The molecule has 2 aromatic rings. The summed E-state index contributed by atoms with van der Waals surface area (Å²) in [5, 5.41) is 2.45. The molecular formula is C26H39N2O2+. The van der Waals surface area contributed by atoms with Crippen LogP contribution in [0, 0.1) is 0 Å². The maximum atomic E-state index is 6.22. The number of rotatable bonds is 9. The number of hydrogen-bond donors (Lipinski definition) is 1. The van der Waals surface area contributed by atoms with Gasteiger partial charge in [0.25, 0.3) is 0 Å². The van der Waals surface area contributed by atoms with Gasteiger partial charge in [-0.2, -0.15) is 0 Å². The summed E-state index contributed by atoms with van der Waals surface area (Å²) in [4.78, 5) is 2.14. The summed E-state index contributed by atoms with van der Waals surface area (Å²) in [5.74, 6) is 1.01. The van der Waals surface area contributed by atoms with E-state index >= 15 is 0 Å². The highest BCUT2D eigenvalue weighted by molar-refractivity contribution is 5.45. The van der Waals surface area contributed by atoms with Crippen molar-refractivity contribution in [1.82, 2.24) is 0 Å². The molecule has 0 bridgehead atoms. The highest BCUT2D eigenvalue weighted by atomic mass is 16.5. The standard InChI is InChI=1S/C26H38N2O2/c1-6-25(2)20-26(16-18-30-25,23-9-7-8-10-24(23)29-5)15-17-27-19-21-11-13-22(14-12-21)28(3)4/h7-14,27H,6,15-20H2,1-5H3/p+1/t25-,26+/m0/s1. The lowest BCUT2D eigenvalue weighted by atomic mass is 9.66. The van der Waals surface area contributed by atoms with E-state index in [1.165, 1.54) is 16.8 Å². The second-order valence-corrected chi connectivity index (χ2v) is 9.15. The van der Waals surface area contributed by atoms with Crippen molar-refractivity contribution in [3.63, 3.8) is 0 Å². The summed E-state index contributed by atoms with van der Waals surface area (Å²) in [7, 11) is 5.95. The molecule has 0 aromatic heterocycles. The monoisotopic (exact) mass is 411 g/mol. The topological polar surface area (TPSA) is 38.3 Å². The zero-order valence-electron chi connectivity index (χ0n) is 19.4. The zero-order chi connectivity index (χ0) is 21.6. The molecule has 4 heteroatoms. The number of nitrogens with zero attached hydrogens (tertiary/aromatic N) is 1. The van der Waals surface area contributed by atoms with Crippen molar-refractivity contribution in [3.8, 4) is 5.75 Å². The lowest BCUT2D eigenvalue weighted by molar-refractivity contribution is -0.672. The normalized spacial score (nSPS) is 23.9. The van der Waals surface area contributed by atoms with Crippen molar-refractivity contribution in [2.45, 2.75) is 57.1 Å². The first-order valence-corrected chi connectivity index (χ1v) is 11.3. The second-order valence-electron chi connectivity index (χ2n) is 9.15. The molecule has 2 aromatic carbocycles. The van der Waals surface area contributed by atoms with E-state index in [1.807, 2.05) is 0 Å². The van der Waals surface area contributed by atoms with E-state index in [0.717, 1.165) is 51.1 Å². The molecule has 0 saturated carbocycles. The molecule has 1 saturated heterocycles. The zero-order valence-corrected chi connectivity index (χ0v) is 19.4. The first-order valence-electron chi connectivity index (χ1n) is 11.3. The van der Waals surface area contributed by atoms with Crippen molar-refractivity contribution in [3.05, 3.63) is 59.7 Å². The smallest absolute Gasteiger partial charge is 0.122 e. The van der Waals surface area contributed by atoms with Crippen LogP contribution in [0.4, 0.5) is 5.69 Å². The van der Waals surface area contributed by atoms with Gasteiger partial charge in [0.1, 0.15) is 12.3 Å². The number of nitrogens with two attached hydrogens (primary N) is 1. The predicted octanol–water partition coefficient (Wildman–Crippen LogP) is 4.13. The number of hydrogen-bond acceptors (Lipinski definition) is 3. The quantitative estimate of drug-likeness (QED) is 0.631. The van der Waals surface area contributed by atoms with Crippen LogP contribution < -0.4 is 15.0 Å². The van der Waals surface area contributed by atoms with Gasteiger partial charge in [-0.05, 0) is 44.4 Å². The summed E-state index contributed by atoms with van der Waals surface area (Å²) >= 11 is 0. The van der Waals surface area contributed by atoms with E-state index in [2.05, 4.69) is 86.7 Å². The fourth-order valence-corrected chi connectivity index (χ4v) is 4.81. The van der Waals surface area contributed by atoms with Gasteiger partial charge in [0.05, 0.1) is 19.3 Å². The number of para-hydroxylation sites is 1. The lowest BCUT2D eigenvalue weighted by Gasteiger charge is -2.46. The van der Waals surface area contributed by atoms with E-state index in [4.69, 9.17) is 9.47 Å². The van der Waals surface area contributed by atoms with Crippen LogP contribution in [-0.2, 0) is 16.7 Å². The van der Waals surface area contributed by atoms with Gasteiger partial charge in [0.15, 0.2) is 0 Å². The number of anilines is 1. The first-order chi connectivity index (χ1) is 14.4. The molecule has 4 nitrogen and oxygen atoms in total. The molecule has 0 spiro atoms. The van der Waals surface area contributed by atoms with Gasteiger partial charge in [-0.25, -0.2) is 0 Å². The summed E-state index contributed by atoms with van der Waals surface area (Å²) in [5.41, 5.74) is 3.99. The second kappa shape index (κ2) is 9.84. The lowest BCUT2D eigenvalue weighted by Crippen LogP contribution is -2.83. The Balaban J connectivity index is 1.72. The minimum absolute atomic E-state index is 0.0683. The van der Waals surface area contributed by atoms with Crippen molar-refractivity contribution in [1.29, 1.82) is 0 Å². The number of methoxy groups -OCH3 is 1. The predicted molar refractivity (Wildman–Crippen MR) is 124 cm³/mol. The van der Waals surface area contributed by atoms with Crippen LogP contribution in [0.3, 0.4) is 0 Å². The number of quaternary nitrogens is 1. The minimum Gasteiger partial charge on any atom is -0.496 e. The molecular weight excluding hydrogens is 372 g/mol. The van der Waals surface area contributed by atoms with Crippen LogP contribution in [0.1, 0.15) is 50.7 Å². The average Bonchev–Trinajstić information content (AvgIpc) is 2.77. The Hall–Kier alpha value is -2.04. The van der Waals surface area contributed by atoms with Gasteiger partial charge >= 0.3 is 0 Å². The average molecular weight is 412 g/mol. The highest BCUT2D eigenvalue weighted by Gasteiger charge is 2.44. The van der Waals surface area contributed by atoms with Gasteiger partial charge in [0.2, 0.25) is 0 Å².